The zero-order chi connectivity index (χ0) is 7.49. The largest absolute Gasteiger partial charge is 0.329 e. The molecule has 0 radical (unpaired) electrons. The highest BCUT2D eigenvalue weighted by Crippen LogP contribution is 2.43. The highest BCUT2D eigenvalue weighted by Gasteiger charge is 2.25. The van der Waals surface area contributed by atoms with Gasteiger partial charge in [-0.1, -0.05) is 6.92 Å². The molecule has 0 saturated carbocycles. The van der Waals surface area contributed by atoms with Crippen molar-refractivity contribution in [3.8, 4) is 0 Å². The molecule has 0 aromatic carbocycles. The monoisotopic (exact) mass is 172 g/mol. The normalized spacial score (nSPS) is 15.6. The summed E-state index contributed by atoms with van der Waals surface area (Å²) >= 11 is 5.26. The second-order valence-corrected chi connectivity index (χ2v) is 4.02. The van der Waals surface area contributed by atoms with E-state index >= 15 is 0 Å². The van der Waals surface area contributed by atoms with Gasteiger partial charge in [0.15, 0.2) is 0 Å². The summed E-state index contributed by atoms with van der Waals surface area (Å²) in [6.07, 6.45) is 0.424. The van der Waals surface area contributed by atoms with Crippen molar-refractivity contribution in [2.24, 2.45) is 0 Å². The fraction of sp³-hybridized carbons (Fsp3) is 1.00. The van der Waals surface area contributed by atoms with Gasteiger partial charge in [-0.3, -0.25) is 4.57 Å². The Labute approximate surface area is 59.2 Å². The molecule has 3 nitrogen and oxygen atoms in total. The van der Waals surface area contributed by atoms with Gasteiger partial charge in [0.1, 0.15) is 0 Å². The molecule has 0 heterocycles. The van der Waals surface area contributed by atoms with E-state index in [1.165, 1.54) is 0 Å². The van der Waals surface area contributed by atoms with Crippen LogP contribution in [0.3, 0.4) is 0 Å². The second-order valence-electron chi connectivity index (χ2n) is 1.81. The molecule has 9 heavy (non-hydrogen) atoms. The van der Waals surface area contributed by atoms with Crippen molar-refractivity contribution in [2.45, 2.75) is 19.0 Å². The number of alkyl halides is 1. The fourth-order valence-electron chi connectivity index (χ4n) is 0.437. The lowest BCUT2D eigenvalue weighted by atomic mass is 10.4. The lowest BCUT2D eigenvalue weighted by molar-refractivity contribution is 0.360. The second kappa shape index (κ2) is 3.57. The number of hydrogen-bond donors (Lipinski definition) is 2. The molecule has 0 amide bonds. The van der Waals surface area contributed by atoms with E-state index in [9.17, 15) is 4.57 Å². The Balaban J connectivity index is 3.96. The Morgan fingerprint density at radius 2 is 2.11 bits per heavy atom. The predicted octanol–water partition coefficient (Wildman–Crippen LogP) is 1.18. The third-order valence-electron chi connectivity index (χ3n) is 1.13. The average molecular weight is 173 g/mol. The molecule has 0 aliphatic carbocycles. The molecule has 0 aromatic heterocycles. The minimum Gasteiger partial charge on any atom is -0.324 e. The Morgan fingerprint density at radius 1 is 1.67 bits per heavy atom. The quantitative estimate of drug-likeness (QED) is 0.497. The zero-order valence-electron chi connectivity index (χ0n) is 5.12. The smallest absolute Gasteiger partial charge is 0.324 e. The van der Waals surface area contributed by atoms with Crippen LogP contribution in [0.4, 0.5) is 0 Å². The molecule has 0 aliphatic heterocycles. The zero-order valence-corrected chi connectivity index (χ0v) is 6.77. The molecule has 1 unspecified atom stereocenters. The molecule has 0 saturated heterocycles. The SMILES string of the molecule is CCC(CCl)P(=O)(O)O. The Morgan fingerprint density at radius 3 is 2.11 bits per heavy atom. The Hall–Kier alpha value is 0.440. The Kier molecular flexibility index (Phi) is 3.74. The summed E-state index contributed by atoms with van der Waals surface area (Å²) in [4.78, 5) is 17.0. The summed E-state index contributed by atoms with van der Waals surface area (Å²) in [5.74, 6) is 0.0285. The van der Waals surface area contributed by atoms with Crippen LogP contribution in [0.1, 0.15) is 13.3 Å². The summed E-state index contributed by atoms with van der Waals surface area (Å²) in [6.45, 7) is 1.70. The van der Waals surface area contributed by atoms with E-state index in [2.05, 4.69) is 0 Å². The lowest BCUT2D eigenvalue weighted by Gasteiger charge is -2.11. The van der Waals surface area contributed by atoms with Gasteiger partial charge in [-0.15, -0.1) is 11.6 Å². The van der Waals surface area contributed by atoms with Gasteiger partial charge in [0.25, 0.3) is 0 Å². The Bertz CT molecular complexity index is 117. The van der Waals surface area contributed by atoms with Gasteiger partial charge in [-0.25, -0.2) is 0 Å². The molecule has 56 valence electrons. The van der Waals surface area contributed by atoms with Crippen molar-refractivity contribution in [3.05, 3.63) is 0 Å². The van der Waals surface area contributed by atoms with Crippen molar-refractivity contribution in [3.63, 3.8) is 0 Å². The topological polar surface area (TPSA) is 57.5 Å². The number of hydrogen-bond acceptors (Lipinski definition) is 1. The molecule has 0 aromatic rings. The maximum atomic E-state index is 10.4. The molecule has 0 aliphatic rings. The molecule has 0 rings (SSSR count). The first-order chi connectivity index (χ1) is 4.02. The first-order valence-electron chi connectivity index (χ1n) is 2.63. The minimum absolute atomic E-state index is 0.0285. The molecular formula is C4H10ClO3P. The van der Waals surface area contributed by atoms with Crippen molar-refractivity contribution in [1.82, 2.24) is 0 Å². The van der Waals surface area contributed by atoms with Gasteiger partial charge < -0.3 is 9.79 Å². The van der Waals surface area contributed by atoms with Crippen LogP contribution in [-0.2, 0) is 4.57 Å². The van der Waals surface area contributed by atoms with Crippen LogP contribution in [0.25, 0.3) is 0 Å². The van der Waals surface area contributed by atoms with E-state index in [4.69, 9.17) is 21.4 Å². The first-order valence-corrected chi connectivity index (χ1v) is 4.85. The molecule has 0 bridgehead atoms. The molecule has 0 spiro atoms. The predicted molar refractivity (Wildman–Crippen MR) is 36.8 cm³/mol. The maximum Gasteiger partial charge on any atom is 0.329 e. The molecule has 5 heteroatoms. The van der Waals surface area contributed by atoms with Crippen molar-refractivity contribution in [2.75, 3.05) is 5.88 Å². The molecular weight excluding hydrogens is 162 g/mol. The van der Waals surface area contributed by atoms with E-state index in [1.54, 1.807) is 6.92 Å². The summed E-state index contributed by atoms with van der Waals surface area (Å²) in [6, 6.07) is 0. The highest BCUT2D eigenvalue weighted by molar-refractivity contribution is 7.52. The van der Waals surface area contributed by atoms with Crippen molar-refractivity contribution < 1.29 is 14.4 Å². The number of halogens is 1. The fourth-order valence-corrected chi connectivity index (χ4v) is 1.85. The molecule has 2 N–H and O–H groups in total. The van der Waals surface area contributed by atoms with Crippen molar-refractivity contribution >= 4 is 19.2 Å². The van der Waals surface area contributed by atoms with E-state index < -0.39 is 13.3 Å². The first kappa shape index (κ1) is 9.44. The van der Waals surface area contributed by atoms with Crippen LogP contribution in [0.2, 0.25) is 0 Å². The third-order valence-corrected chi connectivity index (χ3v) is 3.21. The van der Waals surface area contributed by atoms with Crippen LogP contribution in [0.15, 0.2) is 0 Å². The van der Waals surface area contributed by atoms with Gasteiger partial charge in [0, 0.05) is 5.88 Å². The van der Waals surface area contributed by atoms with Crippen LogP contribution >= 0.6 is 19.2 Å². The summed E-state index contributed by atoms with van der Waals surface area (Å²) in [5.41, 5.74) is -0.667. The average Bonchev–Trinajstić information content (AvgIpc) is 1.65. The van der Waals surface area contributed by atoms with E-state index in [0.717, 1.165) is 0 Å². The number of rotatable bonds is 3. The van der Waals surface area contributed by atoms with Crippen LogP contribution < -0.4 is 0 Å². The van der Waals surface area contributed by atoms with E-state index in [-0.39, 0.29) is 5.88 Å². The van der Waals surface area contributed by atoms with Crippen LogP contribution in [0.5, 0.6) is 0 Å². The summed E-state index contributed by atoms with van der Waals surface area (Å²) in [5, 5.41) is 0. The van der Waals surface area contributed by atoms with E-state index in [1.807, 2.05) is 0 Å². The van der Waals surface area contributed by atoms with Gasteiger partial charge >= 0.3 is 7.60 Å². The van der Waals surface area contributed by atoms with Crippen LogP contribution in [0, 0.1) is 0 Å². The van der Waals surface area contributed by atoms with E-state index in [0.29, 0.717) is 6.42 Å². The lowest BCUT2D eigenvalue weighted by Crippen LogP contribution is -2.07. The maximum absolute atomic E-state index is 10.4. The molecule has 0 fully saturated rings. The molecule has 1 atom stereocenters. The van der Waals surface area contributed by atoms with Gasteiger partial charge in [0.2, 0.25) is 0 Å². The third kappa shape index (κ3) is 3.21. The van der Waals surface area contributed by atoms with Crippen molar-refractivity contribution in [1.29, 1.82) is 0 Å². The van der Waals surface area contributed by atoms with Gasteiger partial charge in [-0.2, -0.15) is 0 Å². The standard InChI is InChI=1S/C4H10ClO3P/c1-2-4(3-5)9(6,7)8/h4H,2-3H2,1H3,(H2,6,7,8). The summed E-state index contributed by atoms with van der Waals surface area (Å²) < 4.78 is 10.4. The van der Waals surface area contributed by atoms with Crippen LogP contribution in [-0.4, -0.2) is 21.3 Å². The van der Waals surface area contributed by atoms with Gasteiger partial charge in [0.05, 0.1) is 5.66 Å². The summed E-state index contributed by atoms with van der Waals surface area (Å²) in [7, 11) is -3.91. The minimum atomic E-state index is -3.91. The van der Waals surface area contributed by atoms with Gasteiger partial charge in [-0.05, 0) is 6.42 Å². The highest BCUT2D eigenvalue weighted by atomic mass is 35.5.